The number of nitrogens with zero attached hydrogens (tertiary/aromatic N) is 2. The first-order chi connectivity index (χ1) is 11.9. The van der Waals surface area contributed by atoms with Crippen molar-refractivity contribution in [3.8, 4) is 17.1 Å². The van der Waals surface area contributed by atoms with Gasteiger partial charge in [-0.05, 0) is 55.7 Å². The molecule has 25 heavy (non-hydrogen) atoms. The van der Waals surface area contributed by atoms with E-state index in [4.69, 9.17) is 9.26 Å². The monoisotopic (exact) mass is 342 g/mol. The number of ketones is 2. The normalized spacial score (nSPS) is 11.0. The summed E-state index contributed by atoms with van der Waals surface area (Å²) in [7, 11) is 0. The number of aromatic nitrogens is 2. The van der Waals surface area contributed by atoms with Crippen LogP contribution in [0.25, 0.3) is 11.4 Å². The predicted octanol–water partition coefficient (Wildman–Crippen LogP) is 3.54. The van der Waals surface area contributed by atoms with Gasteiger partial charge in [-0.25, -0.2) is 0 Å². The molecule has 2 aromatic rings. The molecule has 0 saturated heterocycles. The molecular weight excluding hydrogens is 320 g/mol. The van der Waals surface area contributed by atoms with Gasteiger partial charge in [0, 0.05) is 18.9 Å². The zero-order valence-corrected chi connectivity index (χ0v) is 15.0. The Morgan fingerprint density at radius 1 is 1.12 bits per heavy atom. The van der Waals surface area contributed by atoms with Crippen molar-refractivity contribution in [2.24, 2.45) is 0 Å². The molecule has 0 fully saturated rings. The highest BCUT2D eigenvalue weighted by Crippen LogP contribution is 2.29. The number of benzene rings is 1. The number of aryl methyl sites for hydroxylation is 3. The van der Waals surface area contributed by atoms with E-state index in [9.17, 15) is 9.59 Å². The van der Waals surface area contributed by atoms with Crippen LogP contribution in [0.2, 0.25) is 0 Å². The van der Waals surface area contributed by atoms with E-state index in [-0.39, 0.29) is 18.2 Å². The second-order valence-electron chi connectivity index (χ2n) is 5.88. The Bertz CT molecular complexity index is 783. The van der Waals surface area contributed by atoms with Crippen LogP contribution in [0.5, 0.6) is 5.75 Å². The lowest BCUT2D eigenvalue weighted by Crippen LogP contribution is -2.10. The van der Waals surface area contributed by atoms with E-state index in [1.807, 2.05) is 32.9 Å². The highest BCUT2D eigenvalue weighted by Gasteiger charge is 2.12. The lowest BCUT2D eigenvalue weighted by atomic mass is 10.1. The summed E-state index contributed by atoms with van der Waals surface area (Å²) in [5, 5.41) is 3.91. The molecule has 0 atom stereocenters. The molecule has 1 heterocycles. The molecule has 0 saturated carbocycles. The van der Waals surface area contributed by atoms with Crippen LogP contribution in [0, 0.1) is 20.8 Å². The minimum absolute atomic E-state index is 0.0528. The molecule has 0 aliphatic heterocycles. The highest BCUT2D eigenvalue weighted by molar-refractivity contribution is 5.99. The molecule has 6 heteroatoms. The maximum absolute atomic E-state index is 11.8. The van der Waals surface area contributed by atoms with Gasteiger partial charge in [0.05, 0.1) is 0 Å². The van der Waals surface area contributed by atoms with E-state index in [0.29, 0.717) is 23.9 Å². The summed E-state index contributed by atoms with van der Waals surface area (Å²) < 4.78 is 10.6. The second-order valence-corrected chi connectivity index (χ2v) is 5.88. The van der Waals surface area contributed by atoms with Gasteiger partial charge in [0.15, 0.2) is 18.2 Å². The fourth-order valence-electron chi connectivity index (χ4n) is 2.43. The van der Waals surface area contributed by atoms with Gasteiger partial charge in [-0.2, -0.15) is 4.98 Å². The van der Waals surface area contributed by atoms with Gasteiger partial charge < -0.3 is 9.26 Å². The van der Waals surface area contributed by atoms with Gasteiger partial charge in [-0.3, -0.25) is 9.59 Å². The third-order valence-electron chi connectivity index (χ3n) is 3.56. The molecule has 0 aliphatic carbocycles. The standard InChI is InChI=1S/C19H22N2O4/c1-5-6-16(22)7-8-17(23)11-24-18-12(2)9-15(10-13(18)3)19-20-14(4)25-21-19/h7-10H,5-6,11H2,1-4H3. The van der Waals surface area contributed by atoms with Gasteiger partial charge in [-0.1, -0.05) is 12.1 Å². The molecule has 2 rings (SSSR count). The molecule has 6 nitrogen and oxygen atoms in total. The fourth-order valence-corrected chi connectivity index (χ4v) is 2.43. The van der Waals surface area contributed by atoms with Crippen molar-refractivity contribution in [1.29, 1.82) is 0 Å². The zero-order valence-electron chi connectivity index (χ0n) is 15.0. The highest BCUT2D eigenvalue weighted by atomic mass is 16.5. The van der Waals surface area contributed by atoms with Crippen LogP contribution in [-0.4, -0.2) is 28.3 Å². The predicted molar refractivity (Wildman–Crippen MR) is 93.5 cm³/mol. The minimum atomic E-state index is -0.249. The van der Waals surface area contributed by atoms with Crippen LogP contribution in [0.3, 0.4) is 0 Å². The number of carbonyl (C=O) groups is 2. The molecule has 1 aromatic carbocycles. The van der Waals surface area contributed by atoms with Gasteiger partial charge in [0.25, 0.3) is 0 Å². The zero-order chi connectivity index (χ0) is 18.4. The van der Waals surface area contributed by atoms with E-state index >= 15 is 0 Å². The summed E-state index contributed by atoms with van der Waals surface area (Å²) in [5.41, 5.74) is 2.57. The molecule has 0 N–H and O–H groups in total. The first-order valence-corrected chi connectivity index (χ1v) is 8.19. The molecular formula is C19H22N2O4. The van der Waals surface area contributed by atoms with Gasteiger partial charge in [0.1, 0.15) is 5.75 Å². The Kier molecular flexibility index (Phi) is 6.22. The molecule has 0 radical (unpaired) electrons. The van der Waals surface area contributed by atoms with Crippen molar-refractivity contribution in [3.63, 3.8) is 0 Å². The first-order valence-electron chi connectivity index (χ1n) is 8.19. The van der Waals surface area contributed by atoms with Crippen molar-refractivity contribution in [1.82, 2.24) is 10.1 Å². The molecule has 0 aliphatic rings. The summed E-state index contributed by atoms with van der Waals surface area (Å²) in [5.74, 6) is 1.36. The van der Waals surface area contributed by atoms with Gasteiger partial charge >= 0.3 is 0 Å². The average Bonchev–Trinajstić information content (AvgIpc) is 2.99. The van der Waals surface area contributed by atoms with Crippen LogP contribution < -0.4 is 4.74 Å². The quantitative estimate of drug-likeness (QED) is 0.683. The number of ether oxygens (including phenoxy) is 1. The van der Waals surface area contributed by atoms with E-state index in [1.165, 1.54) is 12.2 Å². The number of hydrogen-bond donors (Lipinski definition) is 0. The summed E-state index contributed by atoms with van der Waals surface area (Å²) in [6.45, 7) is 7.33. The van der Waals surface area contributed by atoms with Crippen LogP contribution >= 0.6 is 0 Å². The van der Waals surface area contributed by atoms with Crippen molar-refractivity contribution in [2.75, 3.05) is 6.61 Å². The summed E-state index contributed by atoms with van der Waals surface area (Å²) in [6, 6.07) is 3.77. The van der Waals surface area contributed by atoms with Crippen molar-refractivity contribution >= 4 is 11.6 Å². The van der Waals surface area contributed by atoms with Gasteiger partial charge in [-0.15, -0.1) is 0 Å². The molecule has 0 bridgehead atoms. The van der Waals surface area contributed by atoms with Gasteiger partial charge in [0.2, 0.25) is 11.7 Å². The van der Waals surface area contributed by atoms with E-state index in [1.54, 1.807) is 6.92 Å². The Hall–Kier alpha value is -2.76. The van der Waals surface area contributed by atoms with E-state index < -0.39 is 0 Å². The number of hydrogen-bond acceptors (Lipinski definition) is 6. The number of carbonyl (C=O) groups excluding carboxylic acids is 2. The van der Waals surface area contributed by atoms with Crippen LogP contribution in [-0.2, 0) is 9.59 Å². The molecule has 1 aromatic heterocycles. The largest absolute Gasteiger partial charge is 0.485 e. The SMILES string of the molecule is CCCC(=O)C=CC(=O)COc1c(C)cc(-c2noc(C)n2)cc1C. The maximum atomic E-state index is 11.8. The van der Waals surface area contributed by atoms with Crippen LogP contribution in [0.1, 0.15) is 36.8 Å². The van der Waals surface area contributed by atoms with E-state index in [0.717, 1.165) is 23.1 Å². The summed E-state index contributed by atoms with van der Waals surface area (Å²) in [4.78, 5) is 27.5. The first kappa shape index (κ1) is 18.6. The Balaban J connectivity index is 2.05. The van der Waals surface area contributed by atoms with Crippen molar-refractivity contribution in [2.45, 2.75) is 40.5 Å². The smallest absolute Gasteiger partial charge is 0.223 e. The van der Waals surface area contributed by atoms with Crippen LogP contribution in [0.4, 0.5) is 0 Å². The Morgan fingerprint density at radius 3 is 2.32 bits per heavy atom. The Morgan fingerprint density at radius 2 is 1.76 bits per heavy atom. The molecule has 0 spiro atoms. The third-order valence-corrected chi connectivity index (χ3v) is 3.56. The summed E-state index contributed by atoms with van der Waals surface area (Å²) >= 11 is 0. The third kappa shape index (κ3) is 5.11. The van der Waals surface area contributed by atoms with E-state index in [2.05, 4.69) is 10.1 Å². The minimum Gasteiger partial charge on any atom is -0.485 e. The Labute approximate surface area is 146 Å². The number of allylic oxidation sites excluding steroid dienone is 1. The fraction of sp³-hybridized carbons (Fsp3) is 0.368. The van der Waals surface area contributed by atoms with Crippen molar-refractivity contribution < 1.29 is 18.8 Å². The molecule has 0 amide bonds. The molecule has 0 unspecified atom stereocenters. The lowest BCUT2D eigenvalue weighted by Gasteiger charge is -2.12. The second kappa shape index (κ2) is 8.37. The topological polar surface area (TPSA) is 82.3 Å². The average molecular weight is 342 g/mol. The summed E-state index contributed by atoms with van der Waals surface area (Å²) in [6.07, 6.45) is 3.80. The maximum Gasteiger partial charge on any atom is 0.223 e. The van der Waals surface area contributed by atoms with Crippen molar-refractivity contribution in [3.05, 3.63) is 41.3 Å². The number of rotatable bonds is 8. The molecule has 132 valence electrons. The van der Waals surface area contributed by atoms with Crippen LogP contribution in [0.15, 0.2) is 28.8 Å². The lowest BCUT2D eigenvalue weighted by molar-refractivity contribution is -0.117.